The Hall–Kier alpha value is -1.84. The summed E-state index contributed by atoms with van der Waals surface area (Å²) in [7, 11) is 2.76. The van der Waals surface area contributed by atoms with Gasteiger partial charge in [0.15, 0.2) is 0 Å². The third kappa shape index (κ3) is 3.12. The predicted octanol–water partition coefficient (Wildman–Crippen LogP) is 3.27. The molecular weight excluding hydrogens is 292 g/mol. The van der Waals surface area contributed by atoms with Gasteiger partial charge in [0.25, 0.3) is 0 Å². The second-order valence-corrected chi connectivity index (χ2v) is 6.51. The average molecular weight is 318 g/mol. The van der Waals surface area contributed by atoms with Crippen molar-refractivity contribution in [3.63, 3.8) is 0 Å². The lowest BCUT2D eigenvalue weighted by Gasteiger charge is -2.45. The van der Waals surface area contributed by atoms with Crippen molar-refractivity contribution in [2.24, 2.45) is 11.8 Å². The van der Waals surface area contributed by atoms with Crippen LogP contribution in [0, 0.1) is 11.8 Å². The topological polar surface area (TPSA) is 52.6 Å². The van der Waals surface area contributed by atoms with Gasteiger partial charge in [0.1, 0.15) is 0 Å². The second-order valence-electron chi connectivity index (χ2n) is 6.51. The number of carbonyl (C=O) groups is 2. The summed E-state index contributed by atoms with van der Waals surface area (Å²) in [4.78, 5) is 24.9. The van der Waals surface area contributed by atoms with E-state index in [-0.39, 0.29) is 11.9 Å². The van der Waals surface area contributed by atoms with Crippen LogP contribution in [0.4, 0.5) is 0 Å². The maximum absolute atomic E-state index is 12.6. The molecule has 4 nitrogen and oxygen atoms in total. The van der Waals surface area contributed by atoms with Crippen molar-refractivity contribution in [2.75, 3.05) is 14.2 Å². The zero-order valence-electron chi connectivity index (χ0n) is 14.4. The van der Waals surface area contributed by atoms with E-state index in [1.807, 2.05) is 18.2 Å². The average Bonchev–Trinajstić information content (AvgIpc) is 2.58. The number of rotatable bonds is 5. The van der Waals surface area contributed by atoms with Crippen LogP contribution in [0.15, 0.2) is 24.3 Å². The van der Waals surface area contributed by atoms with Crippen molar-refractivity contribution < 1.29 is 19.1 Å². The molecule has 0 fully saturated rings. The van der Waals surface area contributed by atoms with Crippen LogP contribution in [0.3, 0.4) is 0 Å². The van der Waals surface area contributed by atoms with Gasteiger partial charge < -0.3 is 9.47 Å². The Morgan fingerprint density at radius 2 is 1.83 bits per heavy atom. The Bertz CT molecular complexity index is 580. The standard InChI is InChI=1S/C19H26O4/c1-5-6-11-19(2)15-10-8-7-9-13(15)12-14(17(20)22-3)16(19)18(21)23-4/h7-10,14,16H,5-6,11-12H2,1-4H3/t14-,16-,19-/m0/s1. The van der Waals surface area contributed by atoms with Gasteiger partial charge in [0, 0.05) is 5.41 Å². The molecule has 4 heteroatoms. The summed E-state index contributed by atoms with van der Waals surface area (Å²) in [5.41, 5.74) is 1.86. The van der Waals surface area contributed by atoms with Crippen molar-refractivity contribution in [2.45, 2.75) is 44.9 Å². The van der Waals surface area contributed by atoms with Crippen molar-refractivity contribution in [1.29, 1.82) is 0 Å². The largest absolute Gasteiger partial charge is 0.469 e. The van der Waals surface area contributed by atoms with Crippen LogP contribution in [0.25, 0.3) is 0 Å². The Kier molecular flexibility index (Phi) is 5.45. The first-order valence-corrected chi connectivity index (χ1v) is 8.23. The first-order chi connectivity index (χ1) is 11.0. The number of hydrogen-bond donors (Lipinski definition) is 0. The molecule has 0 aliphatic heterocycles. The molecule has 0 bridgehead atoms. The smallest absolute Gasteiger partial charge is 0.310 e. The Morgan fingerprint density at radius 3 is 2.43 bits per heavy atom. The zero-order valence-corrected chi connectivity index (χ0v) is 14.4. The minimum atomic E-state index is -0.513. The van der Waals surface area contributed by atoms with Crippen LogP contribution in [0.1, 0.15) is 44.2 Å². The lowest BCUT2D eigenvalue weighted by molar-refractivity contribution is -0.161. The highest BCUT2D eigenvalue weighted by Gasteiger charge is 2.52. The normalized spacial score (nSPS) is 26.3. The van der Waals surface area contributed by atoms with Crippen LogP contribution in [0.5, 0.6) is 0 Å². The van der Waals surface area contributed by atoms with E-state index in [0.29, 0.717) is 6.42 Å². The van der Waals surface area contributed by atoms with Crippen LogP contribution in [0.2, 0.25) is 0 Å². The first-order valence-electron chi connectivity index (χ1n) is 8.23. The van der Waals surface area contributed by atoms with Crippen molar-refractivity contribution in [1.82, 2.24) is 0 Å². The summed E-state index contributed by atoms with van der Waals surface area (Å²) in [6, 6.07) is 8.10. The molecule has 1 aliphatic rings. The number of hydrogen-bond acceptors (Lipinski definition) is 4. The molecule has 0 heterocycles. The molecule has 126 valence electrons. The summed E-state index contributed by atoms with van der Waals surface area (Å²) >= 11 is 0. The molecule has 23 heavy (non-hydrogen) atoms. The summed E-state index contributed by atoms with van der Waals surface area (Å²) in [5, 5.41) is 0. The lowest BCUT2D eigenvalue weighted by atomic mass is 9.58. The summed E-state index contributed by atoms with van der Waals surface area (Å²) in [6.45, 7) is 4.21. The maximum atomic E-state index is 12.6. The number of methoxy groups -OCH3 is 2. The van der Waals surface area contributed by atoms with Gasteiger partial charge >= 0.3 is 11.9 Å². The van der Waals surface area contributed by atoms with E-state index < -0.39 is 17.3 Å². The summed E-state index contributed by atoms with van der Waals surface area (Å²) in [6.07, 6.45) is 3.39. The number of fused-ring (bicyclic) bond motifs is 1. The summed E-state index contributed by atoms with van der Waals surface area (Å²) < 4.78 is 10.0. The van der Waals surface area contributed by atoms with Crippen molar-refractivity contribution in [3.05, 3.63) is 35.4 Å². The van der Waals surface area contributed by atoms with Gasteiger partial charge in [-0.25, -0.2) is 0 Å². The number of esters is 2. The van der Waals surface area contributed by atoms with Crippen molar-refractivity contribution >= 4 is 11.9 Å². The third-order valence-corrected chi connectivity index (χ3v) is 5.17. The molecular formula is C19H26O4. The number of carbonyl (C=O) groups excluding carboxylic acids is 2. The van der Waals surface area contributed by atoms with Crippen molar-refractivity contribution in [3.8, 4) is 0 Å². The molecule has 3 atom stereocenters. The van der Waals surface area contributed by atoms with E-state index in [1.54, 1.807) is 0 Å². The Labute approximate surface area is 138 Å². The van der Waals surface area contributed by atoms with E-state index in [4.69, 9.17) is 9.47 Å². The van der Waals surface area contributed by atoms with E-state index >= 15 is 0 Å². The molecule has 0 aromatic heterocycles. The fourth-order valence-electron chi connectivity index (χ4n) is 3.98. The first kappa shape index (κ1) is 17.5. The monoisotopic (exact) mass is 318 g/mol. The Balaban J connectivity index is 2.58. The van der Waals surface area contributed by atoms with Gasteiger partial charge in [0.2, 0.25) is 0 Å². The van der Waals surface area contributed by atoms with E-state index in [9.17, 15) is 9.59 Å². The molecule has 0 saturated carbocycles. The van der Waals surface area contributed by atoms with Gasteiger partial charge in [0.05, 0.1) is 26.1 Å². The highest BCUT2D eigenvalue weighted by Crippen LogP contribution is 2.48. The Morgan fingerprint density at radius 1 is 1.17 bits per heavy atom. The molecule has 0 unspecified atom stereocenters. The van der Waals surface area contributed by atoms with Gasteiger partial charge in [-0.3, -0.25) is 9.59 Å². The highest BCUT2D eigenvalue weighted by molar-refractivity contribution is 5.84. The molecule has 0 saturated heterocycles. The molecule has 0 spiro atoms. The fraction of sp³-hybridized carbons (Fsp3) is 0.579. The van der Waals surface area contributed by atoms with Gasteiger partial charge in [-0.05, 0) is 24.0 Å². The number of unbranched alkanes of at least 4 members (excludes halogenated alkanes) is 1. The molecule has 0 N–H and O–H groups in total. The maximum Gasteiger partial charge on any atom is 0.310 e. The van der Waals surface area contributed by atoms with Crippen LogP contribution in [-0.2, 0) is 30.9 Å². The molecule has 2 rings (SSSR count). The molecule has 0 radical (unpaired) electrons. The number of benzene rings is 1. The SMILES string of the molecule is CCCC[C@@]1(C)c2ccccc2C[C@H](C(=O)OC)[C@H]1C(=O)OC. The van der Waals surface area contributed by atoms with E-state index in [0.717, 1.165) is 30.4 Å². The van der Waals surface area contributed by atoms with Crippen LogP contribution < -0.4 is 0 Å². The quantitative estimate of drug-likeness (QED) is 0.782. The van der Waals surface area contributed by atoms with E-state index in [1.165, 1.54) is 14.2 Å². The second kappa shape index (κ2) is 7.16. The van der Waals surface area contributed by atoms with Gasteiger partial charge in [-0.2, -0.15) is 0 Å². The van der Waals surface area contributed by atoms with Gasteiger partial charge in [-0.15, -0.1) is 0 Å². The summed E-state index contributed by atoms with van der Waals surface area (Å²) in [5.74, 6) is -1.67. The third-order valence-electron chi connectivity index (χ3n) is 5.17. The van der Waals surface area contributed by atoms with Crippen LogP contribution >= 0.6 is 0 Å². The van der Waals surface area contributed by atoms with Crippen LogP contribution in [-0.4, -0.2) is 26.2 Å². The van der Waals surface area contributed by atoms with Gasteiger partial charge in [-0.1, -0.05) is 51.0 Å². The minimum absolute atomic E-state index is 0.325. The highest BCUT2D eigenvalue weighted by atomic mass is 16.5. The number of ether oxygens (including phenoxy) is 2. The molecule has 1 aromatic rings. The fourth-order valence-corrected chi connectivity index (χ4v) is 3.98. The molecule has 0 amide bonds. The zero-order chi connectivity index (χ0) is 17.0. The predicted molar refractivity (Wildman–Crippen MR) is 88.0 cm³/mol. The lowest BCUT2D eigenvalue weighted by Crippen LogP contribution is -2.49. The molecule has 1 aliphatic carbocycles. The van der Waals surface area contributed by atoms with E-state index in [2.05, 4.69) is 19.9 Å². The minimum Gasteiger partial charge on any atom is -0.469 e. The molecule has 1 aromatic carbocycles.